The van der Waals surface area contributed by atoms with Gasteiger partial charge in [-0.25, -0.2) is 0 Å². The SMILES string of the molecule is CC(C)(C)Cc1ccnc(-c2[c-]ccc3c2oc2cc(-c4ccc([Si](C)(C)C)cc4)ccc23)c1.[CH3][Ge]([CH3])([CH3])[c]1ccc(-c2[c-]cccc2)nc1.[Ir]. The van der Waals surface area contributed by atoms with Gasteiger partial charge in [0.1, 0.15) is 5.58 Å². The number of pyridine rings is 2. The number of benzene rings is 4. The van der Waals surface area contributed by atoms with Crippen LogP contribution in [-0.2, 0) is 26.5 Å². The van der Waals surface area contributed by atoms with E-state index in [1.54, 1.807) is 0 Å². The summed E-state index contributed by atoms with van der Waals surface area (Å²) in [6, 6.07) is 42.8. The van der Waals surface area contributed by atoms with Gasteiger partial charge in [-0.2, -0.15) is 0 Å². The third kappa shape index (κ3) is 9.44. The van der Waals surface area contributed by atoms with E-state index < -0.39 is 21.3 Å². The average molecular weight is 926 g/mol. The van der Waals surface area contributed by atoms with Crippen molar-refractivity contribution in [1.29, 1.82) is 0 Å². The van der Waals surface area contributed by atoms with E-state index in [1.165, 1.54) is 26.3 Å². The van der Waals surface area contributed by atoms with Crippen molar-refractivity contribution in [2.45, 2.75) is 64.1 Å². The number of hydrogen-bond acceptors (Lipinski definition) is 3. The minimum atomic E-state index is -1.72. The van der Waals surface area contributed by atoms with E-state index in [-0.39, 0.29) is 25.5 Å². The summed E-state index contributed by atoms with van der Waals surface area (Å²) in [6.45, 7) is 13.9. The number of rotatable bonds is 6. The Bertz CT molecular complexity index is 2230. The van der Waals surface area contributed by atoms with Gasteiger partial charge >= 0.3 is 99.8 Å². The van der Waals surface area contributed by atoms with Crippen molar-refractivity contribution >= 4 is 52.9 Å². The van der Waals surface area contributed by atoms with Crippen molar-refractivity contribution < 1.29 is 24.5 Å². The van der Waals surface area contributed by atoms with E-state index >= 15 is 0 Å². The van der Waals surface area contributed by atoms with Crippen LogP contribution in [0.15, 0.2) is 120 Å². The van der Waals surface area contributed by atoms with Crippen LogP contribution in [0.4, 0.5) is 0 Å². The summed E-state index contributed by atoms with van der Waals surface area (Å²) < 4.78 is 7.90. The van der Waals surface area contributed by atoms with Crippen LogP contribution in [0.1, 0.15) is 26.3 Å². The molecule has 3 nitrogen and oxygen atoms in total. The monoisotopic (exact) mass is 927 g/mol. The second-order valence-electron chi connectivity index (χ2n) is 16.5. The summed E-state index contributed by atoms with van der Waals surface area (Å²) in [5.74, 6) is 7.14. The first kappa shape index (κ1) is 38.6. The molecule has 0 fully saturated rings. The summed E-state index contributed by atoms with van der Waals surface area (Å²) in [7, 11) is -1.31. The summed E-state index contributed by atoms with van der Waals surface area (Å²) in [4.78, 5) is 9.20. The van der Waals surface area contributed by atoms with Crippen molar-refractivity contribution in [2.24, 2.45) is 5.41 Å². The molecule has 0 aliphatic heterocycles. The van der Waals surface area contributed by atoms with Crippen LogP contribution in [0.2, 0.25) is 36.9 Å². The molecular weight excluding hydrogens is 877 g/mol. The van der Waals surface area contributed by atoms with Gasteiger partial charge in [-0.15, -0.1) is 18.2 Å². The fourth-order valence-corrected chi connectivity index (χ4v) is 9.50. The number of furan rings is 1. The molecule has 3 heterocycles. The molecule has 0 aliphatic carbocycles. The van der Waals surface area contributed by atoms with Crippen molar-refractivity contribution in [3.63, 3.8) is 0 Å². The van der Waals surface area contributed by atoms with E-state index in [0.717, 1.165) is 50.9 Å². The third-order valence-electron chi connectivity index (χ3n) is 8.95. The molecule has 0 unspecified atom stereocenters. The number of aromatic nitrogens is 2. The van der Waals surface area contributed by atoms with Crippen LogP contribution >= 0.6 is 0 Å². The molecule has 0 N–H and O–H groups in total. The van der Waals surface area contributed by atoms with Crippen LogP contribution < -0.4 is 9.58 Å². The molecule has 0 amide bonds. The Morgan fingerprint density at radius 1 is 0.725 bits per heavy atom. The third-order valence-corrected chi connectivity index (χ3v) is 15.3. The number of fused-ring (bicyclic) bond motifs is 3. The number of nitrogens with zero attached hydrogens (tertiary/aromatic N) is 2. The van der Waals surface area contributed by atoms with Crippen molar-refractivity contribution in [2.75, 3.05) is 0 Å². The molecule has 3 aromatic heterocycles. The zero-order valence-corrected chi connectivity index (χ0v) is 36.8. The van der Waals surface area contributed by atoms with Gasteiger partial charge < -0.3 is 9.40 Å². The van der Waals surface area contributed by atoms with E-state index in [4.69, 9.17) is 4.42 Å². The van der Waals surface area contributed by atoms with Crippen LogP contribution in [0.5, 0.6) is 0 Å². The van der Waals surface area contributed by atoms with Gasteiger partial charge in [0.15, 0.2) is 0 Å². The van der Waals surface area contributed by atoms with Gasteiger partial charge in [-0.1, -0.05) is 105 Å². The minimum Gasteiger partial charge on any atom is 0 e. The smallest absolute Gasteiger partial charge is 0 e. The summed E-state index contributed by atoms with van der Waals surface area (Å²) in [6.07, 6.45) is 4.93. The van der Waals surface area contributed by atoms with Crippen molar-refractivity contribution in [3.05, 3.63) is 133 Å². The molecule has 1 radical (unpaired) electrons. The zero-order valence-electron chi connectivity index (χ0n) is 31.3. The molecule has 6 heteroatoms. The maximum absolute atomic E-state index is 6.45. The van der Waals surface area contributed by atoms with Crippen LogP contribution in [0, 0.1) is 17.5 Å². The normalized spacial score (nSPS) is 11.9. The molecule has 51 heavy (non-hydrogen) atoms. The maximum Gasteiger partial charge on any atom is 0 e. The molecule has 7 rings (SSSR count). The molecular formula is C45H48GeIrN2OSi-2. The number of hydrogen-bond donors (Lipinski definition) is 0. The van der Waals surface area contributed by atoms with Gasteiger partial charge in [0.25, 0.3) is 0 Å². The first-order valence-electron chi connectivity index (χ1n) is 17.5. The predicted molar refractivity (Wildman–Crippen MR) is 219 cm³/mol. The second kappa shape index (κ2) is 15.6. The maximum atomic E-state index is 6.45. The van der Waals surface area contributed by atoms with Crippen molar-refractivity contribution in [3.8, 4) is 33.6 Å². The standard InChI is InChI=1S/C31H32NOSi.C14H16GeN.Ir/c1-31(2,3)20-21-16-17-32-28(18-21)27-9-7-8-26-25-15-12-23(19-29(25)33-30(26)27)22-10-13-24(14-11-22)34(4,5)6;1-15(2,3)13-9-10-14(16-11-13)12-7-5-4-6-8-12;/h7-8,10-19H,20H2,1-6H3;4-7,9-11H,1-3H3;/q2*-1;. The fraction of sp³-hybridized carbons (Fsp3) is 0.244. The fourth-order valence-electron chi connectivity index (χ4n) is 6.16. The van der Waals surface area contributed by atoms with Crippen LogP contribution in [0.3, 0.4) is 0 Å². The van der Waals surface area contributed by atoms with Crippen molar-refractivity contribution in [1.82, 2.24) is 9.97 Å². The summed E-state index contributed by atoms with van der Waals surface area (Å²) in [5.41, 5.74) is 9.54. The van der Waals surface area contributed by atoms with E-state index in [2.05, 4.69) is 153 Å². The Morgan fingerprint density at radius 3 is 2.10 bits per heavy atom. The Kier molecular flexibility index (Phi) is 11.8. The first-order valence-corrected chi connectivity index (χ1v) is 28.4. The first-order chi connectivity index (χ1) is 23.7. The van der Waals surface area contributed by atoms with E-state index in [0.29, 0.717) is 0 Å². The Morgan fingerprint density at radius 2 is 1.47 bits per heavy atom. The molecule has 7 aromatic rings. The summed E-state index contributed by atoms with van der Waals surface area (Å²) >= 11 is -1.72. The molecule has 0 bridgehead atoms. The zero-order chi connectivity index (χ0) is 35.7. The van der Waals surface area contributed by atoms with Gasteiger partial charge in [-0.05, 0) is 40.8 Å². The molecule has 0 aliphatic rings. The molecule has 0 saturated carbocycles. The molecule has 0 atom stereocenters. The van der Waals surface area contributed by atoms with Gasteiger partial charge in [0.2, 0.25) is 0 Å². The van der Waals surface area contributed by atoms with Gasteiger partial charge in [-0.3, -0.25) is 0 Å². The van der Waals surface area contributed by atoms with Crippen LogP contribution in [0.25, 0.3) is 55.6 Å². The molecule has 0 spiro atoms. The van der Waals surface area contributed by atoms with Crippen LogP contribution in [-0.4, -0.2) is 31.3 Å². The largest absolute Gasteiger partial charge is 0 e. The minimum absolute atomic E-state index is 0. The molecule has 263 valence electrons. The molecule has 4 aromatic carbocycles. The second-order valence-corrected chi connectivity index (χ2v) is 32.2. The van der Waals surface area contributed by atoms with E-state index in [1.807, 2.05) is 42.7 Å². The van der Waals surface area contributed by atoms with E-state index in [9.17, 15) is 0 Å². The molecule has 0 saturated heterocycles. The topological polar surface area (TPSA) is 38.9 Å². The predicted octanol–water partition coefficient (Wildman–Crippen LogP) is 11.3. The Hall–Kier alpha value is -3.61. The Labute approximate surface area is 321 Å². The average Bonchev–Trinajstić information content (AvgIpc) is 3.46. The summed E-state index contributed by atoms with van der Waals surface area (Å²) in [5, 5.41) is 3.70. The Balaban J connectivity index is 0.000000249. The quantitative estimate of drug-likeness (QED) is 0.123. The van der Waals surface area contributed by atoms with Gasteiger partial charge in [0.05, 0.1) is 13.7 Å². The van der Waals surface area contributed by atoms with Gasteiger partial charge in [0, 0.05) is 31.7 Å².